The molecular weight excluding hydrogens is 270 g/mol. The summed E-state index contributed by atoms with van der Waals surface area (Å²) in [4.78, 5) is 4.68. The lowest BCUT2D eigenvalue weighted by Gasteiger charge is -2.32. The molecule has 2 heterocycles. The van der Waals surface area contributed by atoms with Crippen LogP contribution in [-0.2, 0) is 15.1 Å². The van der Waals surface area contributed by atoms with Crippen molar-refractivity contribution < 1.29 is 14.0 Å². The van der Waals surface area contributed by atoms with Gasteiger partial charge in [0.25, 0.3) is 0 Å². The van der Waals surface area contributed by atoms with Crippen LogP contribution < -0.4 is 5.73 Å². The minimum absolute atomic E-state index is 0.304. The Morgan fingerprint density at radius 3 is 2.76 bits per heavy atom. The summed E-state index contributed by atoms with van der Waals surface area (Å²) in [6.45, 7) is 2.03. The fourth-order valence-corrected chi connectivity index (χ4v) is 3.61. The smallest absolute Gasteiger partial charge is 0.230 e. The molecular formula is C15H25N3O3. The second-order valence-electron chi connectivity index (χ2n) is 6.15. The predicted octanol–water partition coefficient (Wildman–Crippen LogP) is 1.95. The average Bonchev–Trinajstić information content (AvgIpc) is 3.06. The maximum Gasteiger partial charge on any atom is 0.230 e. The molecule has 1 aromatic rings. The summed E-state index contributed by atoms with van der Waals surface area (Å²) in [6.07, 6.45) is 6.25. The van der Waals surface area contributed by atoms with Crippen molar-refractivity contribution in [1.29, 1.82) is 0 Å². The fourth-order valence-electron chi connectivity index (χ4n) is 3.61. The predicted molar refractivity (Wildman–Crippen MR) is 76.8 cm³/mol. The normalized spacial score (nSPS) is 29.4. The van der Waals surface area contributed by atoms with Gasteiger partial charge in [-0.3, -0.25) is 0 Å². The monoisotopic (exact) mass is 295 g/mol. The van der Waals surface area contributed by atoms with E-state index in [2.05, 4.69) is 10.1 Å². The van der Waals surface area contributed by atoms with E-state index < -0.39 is 5.60 Å². The molecule has 2 N–H and O–H groups in total. The van der Waals surface area contributed by atoms with Crippen LogP contribution in [0.4, 0.5) is 0 Å². The van der Waals surface area contributed by atoms with E-state index in [0.29, 0.717) is 37.4 Å². The van der Waals surface area contributed by atoms with Gasteiger partial charge in [0, 0.05) is 39.1 Å². The van der Waals surface area contributed by atoms with Gasteiger partial charge in [-0.05, 0) is 25.3 Å². The van der Waals surface area contributed by atoms with Crippen LogP contribution in [0, 0.1) is 5.92 Å². The standard InChI is InChI=1S/C15H25N3O3/c1-19-15(6-8-20-9-7-15)14-17-13(21-18-14)12-5-3-2-4-11(12)10-16/h11-12H,2-10,16H2,1H3. The fraction of sp³-hybridized carbons (Fsp3) is 0.867. The molecule has 1 aliphatic heterocycles. The highest BCUT2D eigenvalue weighted by molar-refractivity contribution is 5.06. The van der Waals surface area contributed by atoms with Gasteiger partial charge in [0.15, 0.2) is 0 Å². The van der Waals surface area contributed by atoms with Crippen molar-refractivity contribution in [3.8, 4) is 0 Å². The highest BCUT2D eigenvalue weighted by Gasteiger charge is 2.40. The molecule has 2 unspecified atom stereocenters. The summed E-state index contributed by atoms with van der Waals surface area (Å²) in [6, 6.07) is 0. The van der Waals surface area contributed by atoms with Crippen LogP contribution in [0.2, 0.25) is 0 Å². The van der Waals surface area contributed by atoms with E-state index >= 15 is 0 Å². The first-order valence-corrected chi connectivity index (χ1v) is 7.96. The first kappa shape index (κ1) is 14.9. The van der Waals surface area contributed by atoms with Gasteiger partial charge in [-0.1, -0.05) is 18.0 Å². The number of rotatable bonds is 4. The van der Waals surface area contributed by atoms with Crippen molar-refractivity contribution in [2.24, 2.45) is 11.7 Å². The molecule has 0 aromatic carbocycles. The summed E-state index contributed by atoms with van der Waals surface area (Å²) in [5, 5.41) is 4.22. The second kappa shape index (κ2) is 6.42. The molecule has 0 radical (unpaired) electrons. The van der Waals surface area contributed by atoms with Gasteiger partial charge in [-0.15, -0.1) is 0 Å². The summed E-state index contributed by atoms with van der Waals surface area (Å²) < 4.78 is 16.7. The van der Waals surface area contributed by atoms with Crippen LogP contribution in [-0.4, -0.2) is 37.0 Å². The topological polar surface area (TPSA) is 83.4 Å². The first-order chi connectivity index (χ1) is 10.3. The number of aromatic nitrogens is 2. The Bertz CT molecular complexity index is 457. The maximum atomic E-state index is 5.90. The van der Waals surface area contributed by atoms with Gasteiger partial charge in [0.1, 0.15) is 5.60 Å². The zero-order valence-electron chi connectivity index (χ0n) is 12.7. The van der Waals surface area contributed by atoms with Crippen LogP contribution in [0.15, 0.2) is 4.52 Å². The molecule has 1 saturated carbocycles. The number of ether oxygens (including phenoxy) is 2. The molecule has 6 nitrogen and oxygen atoms in total. The number of methoxy groups -OCH3 is 1. The Balaban J connectivity index is 1.81. The van der Waals surface area contributed by atoms with Crippen LogP contribution >= 0.6 is 0 Å². The van der Waals surface area contributed by atoms with E-state index in [1.807, 2.05) is 0 Å². The maximum absolute atomic E-state index is 5.90. The van der Waals surface area contributed by atoms with Gasteiger partial charge in [0.2, 0.25) is 11.7 Å². The van der Waals surface area contributed by atoms with E-state index in [1.54, 1.807) is 7.11 Å². The largest absolute Gasteiger partial charge is 0.381 e. The third-order valence-electron chi connectivity index (χ3n) is 5.07. The van der Waals surface area contributed by atoms with Crippen molar-refractivity contribution in [3.63, 3.8) is 0 Å². The van der Waals surface area contributed by atoms with Crippen LogP contribution in [0.5, 0.6) is 0 Å². The number of nitrogens with two attached hydrogens (primary N) is 1. The Hall–Kier alpha value is -0.980. The lowest BCUT2D eigenvalue weighted by molar-refractivity contribution is -0.101. The van der Waals surface area contributed by atoms with Crippen LogP contribution in [0.3, 0.4) is 0 Å². The lowest BCUT2D eigenvalue weighted by atomic mass is 9.79. The molecule has 1 aromatic heterocycles. The Labute approximate surface area is 125 Å². The number of hydrogen-bond donors (Lipinski definition) is 1. The van der Waals surface area contributed by atoms with Crippen LogP contribution in [0.25, 0.3) is 0 Å². The summed E-state index contributed by atoms with van der Waals surface area (Å²) in [5.41, 5.74) is 5.45. The van der Waals surface area contributed by atoms with E-state index in [-0.39, 0.29) is 0 Å². The Kier molecular flexibility index (Phi) is 4.57. The molecule has 0 spiro atoms. The minimum atomic E-state index is -0.452. The molecule has 2 aliphatic rings. The van der Waals surface area contributed by atoms with E-state index in [4.69, 9.17) is 19.7 Å². The van der Waals surface area contributed by atoms with Crippen molar-refractivity contribution in [1.82, 2.24) is 10.1 Å². The van der Waals surface area contributed by atoms with Crippen LogP contribution in [0.1, 0.15) is 56.2 Å². The number of nitrogens with zero attached hydrogens (tertiary/aromatic N) is 2. The highest BCUT2D eigenvalue weighted by atomic mass is 16.5. The van der Waals surface area contributed by atoms with Crippen molar-refractivity contribution in [2.45, 2.75) is 50.0 Å². The van der Waals surface area contributed by atoms with Gasteiger partial charge in [0.05, 0.1) is 0 Å². The van der Waals surface area contributed by atoms with Gasteiger partial charge < -0.3 is 19.7 Å². The molecule has 0 amide bonds. The molecule has 2 fully saturated rings. The Morgan fingerprint density at radius 2 is 2.05 bits per heavy atom. The van der Waals surface area contributed by atoms with E-state index in [0.717, 1.165) is 31.6 Å². The van der Waals surface area contributed by atoms with Crippen molar-refractivity contribution >= 4 is 0 Å². The summed E-state index contributed by atoms with van der Waals surface area (Å²) in [5.74, 6) is 2.17. The Morgan fingerprint density at radius 1 is 1.29 bits per heavy atom. The lowest BCUT2D eigenvalue weighted by Crippen LogP contribution is -2.36. The molecule has 3 rings (SSSR count). The number of hydrogen-bond acceptors (Lipinski definition) is 6. The molecule has 2 atom stereocenters. The van der Waals surface area contributed by atoms with Crippen molar-refractivity contribution in [2.75, 3.05) is 26.9 Å². The zero-order chi connectivity index (χ0) is 14.7. The zero-order valence-corrected chi connectivity index (χ0v) is 12.7. The summed E-state index contributed by atoms with van der Waals surface area (Å²) >= 11 is 0. The van der Waals surface area contributed by atoms with Gasteiger partial charge in [-0.2, -0.15) is 4.98 Å². The highest BCUT2D eigenvalue weighted by Crippen LogP contribution is 2.39. The molecule has 1 saturated heterocycles. The molecule has 0 bridgehead atoms. The van der Waals surface area contributed by atoms with E-state index in [1.165, 1.54) is 12.8 Å². The van der Waals surface area contributed by atoms with E-state index in [9.17, 15) is 0 Å². The minimum Gasteiger partial charge on any atom is -0.381 e. The molecule has 21 heavy (non-hydrogen) atoms. The third kappa shape index (κ3) is 2.84. The molecule has 118 valence electrons. The average molecular weight is 295 g/mol. The SMILES string of the molecule is COC1(c2noc(C3CCCCC3CN)n2)CCOCC1. The summed E-state index contributed by atoms with van der Waals surface area (Å²) in [7, 11) is 1.71. The molecule has 1 aliphatic carbocycles. The third-order valence-corrected chi connectivity index (χ3v) is 5.07. The second-order valence-corrected chi connectivity index (χ2v) is 6.15. The van der Waals surface area contributed by atoms with Gasteiger partial charge in [-0.25, -0.2) is 0 Å². The first-order valence-electron chi connectivity index (χ1n) is 7.96. The van der Waals surface area contributed by atoms with Crippen molar-refractivity contribution in [3.05, 3.63) is 11.7 Å². The molecule has 6 heteroatoms. The van der Waals surface area contributed by atoms with Gasteiger partial charge >= 0.3 is 0 Å². The quantitative estimate of drug-likeness (QED) is 0.914.